The van der Waals surface area contributed by atoms with Crippen LogP contribution in [0.2, 0.25) is 5.02 Å². The monoisotopic (exact) mass is 620 g/mol. The highest BCUT2D eigenvalue weighted by molar-refractivity contribution is 7.91. The summed E-state index contributed by atoms with van der Waals surface area (Å²) >= 11 is 18.2. The van der Waals surface area contributed by atoms with Crippen LogP contribution in [-0.4, -0.2) is 40.2 Å². The molecule has 1 heterocycles. The van der Waals surface area contributed by atoms with Gasteiger partial charge in [0.05, 0.1) is 34.0 Å². The van der Waals surface area contributed by atoms with Crippen molar-refractivity contribution in [3.63, 3.8) is 0 Å². The Morgan fingerprint density at radius 2 is 1.75 bits per heavy atom. The molecule has 11 heteroatoms. The second-order valence-electron chi connectivity index (χ2n) is 10.0. The summed E-state index contributed by atoms with van der Waals surface area (Å²) in [4.78, 5) is 19.9. The molecule has 3 aromatic carbocycles. The highest BCUT2D eigenvalue weighted by Crippen LogP contribution is 2.34. The van der Waals surface area contributed by atoms with E-state index in [2.05, 4.69) is 9.97 Å². The number of halogens is 3. The Bertz CT molecular complexity index is 1630. The van der Waals surface area contributed by atoms with Crippen molar-refractivity contribution in [3.05, 3.63) is 88.2 Å². The highest BCUT2D eigenvalue weighted by atomic mass is 35.5. The Balaban J connectivity index is 1.39. The van der Waals surface area contributed by atoms with Crippen molar-refractivity contribution in [2.24, 2.45) is 5.92 Å². The maximum absolute atomic E-state index is 12.7. The van der Waals surface area contributed by atoms with E-state index in [1.807, 2.05) is 24.3 Å². The van der Waals surface area contributed by atoms with E-state index in [9.17, 15) is 18.3 Å². The van der Waals surface area contributed by atoms with Crippen LogP contribution in [-0.2, 0) is 27.5 Å². The van der Waals surface area contributed by atoms with Gasteiger partial charge in [0.2, 0.25) is 5.02 Å². The van der Waals surface area contributed by atoms with Crippen LogP contribution in [0.15, 0.2) is 65.6 Å². The third kappa shape index (κ3) is 6.92. The average Bonchev–Trinajstić information content (AvgIpc) is 3.61. The molecular weight excluding hydrogens is 595 g/mol. The predicted octanol–water partition coefficient (Wildman–Crippen LogP) is 6.93. The van der Waals surface area contributed by atoms with Gasteiger partial charge in [-0.1, -0.05) is 65.1 Å². The van der Waals surface area contributed by atoms with E-state index in [1.165, 1.54) is 0 Å². The first-order valence-electron chi connectivity index (χ1n) is 12.8. The number of hydrogen-bond acceptors (Lipinski definition) is 5. The second kappa shape index (κ2) is 12.0. The minimum atomic E-state index is -3.37. The maximum Gasteiger partial charge on any atom is 0.304 e. The highest BCUT2D eigenvalue weighted by Gasteiger charge is 2.29. The number of aromatic nitrogens is 2. The molecule has 1 atom stereocenters. The van der Waals surface area contributed by atoms with Gasteiger partial charge in [-0.05, 0) is 78.6 Å². The van der Waals surface area contributed by atoms with Gasteiger partial charge in [-0.15, -0.1) is 0 Å². The number of aliphatic carboxylic acids is 1. The van der Waals surface area contributed by atoms with Gasteiger partial charge in [0.15, 0.2) is 9.84 Å². The number of carbonyl (C=O) groups is 1. The Morgan fingerprint density at radius 1 is 1.05 bits per heavy atom. The molecule has 0 saturated heterocycles. The number of fused-ring (bicyclic) bond motifs is 1. The fraction of sp³-hybridized carbons (Fsp3) is 0.310. The molecule has 1 aliphatic carbocycles. The van der Waals surface area contributed by atoms with E-state index < -0.39 is 26.7 Å². The first-order valence-corrected chi connectivity index (χ1v) is 15.7. The van der Waals surface area contributed by atoms with E-state index >= 15 is 0 Å². The molecule has 1 aliphatic rings. The molecule has 1 fully saturated rings. The molecule has 5 rings (SSSR count). The van der Waals surface area contributed by atoms with Gasteiger partial charge in [-0.25, -0.2) is 13.4 Å². The molecule has 0 amide bonds. The van der Waals surface area contributed by atoms with Crippen molar-refractivity contribution < 1.29 is 23.1 Å². The molecule has 210 valence electrons. The first kappa shape index (κ1) is 28.7. The largest absolute Gasteiger partial charge is 0.481 e. The zero-order valence-electron chi connectivity index (χ0n) is 21.3. The Kier molecular flexibility index (Phi) is 8.61. The lowest BCUT2D eigenvalue weighted by atomic mass is 9.95. The van der Waals surface area contributed by atoms with Gasteiger partial charge in [-0.3, -0.25) is 4.79 Å². The van der Waals surface area contributed by atoms with Gasteiger partial charge in [0, 0.05) is 5.02 Å². The van der Waals surface area contributed by atoms with E-state index in [0.717, 1.165) is 29.5 Å². The summed E-state index contributed by atoms with van der Waals surface area (Å²) in [5.41, 5.74) is 3.80. The number of ether oxygens (including phenoxy) is 1. The lowest BCUT2D eigenvalue weighted by molar-refractivity contribution is -0.137. The van der Waals surface area contributed by atoms with Crippen LogP contribution < -0.4 is 4.74 Å². The van der Waals surface area contributed by atoms with E-state index in [0.29, 0.717) is 40.5 Å². The molecular formula is C29H27Cl3N2O5S. The van der Waals surface area contributed by atoms with Gasteiger partial charge in [0.25, 0.3) is 0 Å². The molecule has 0 bridgehead atoms. The van der Waals surface area contributed by atoms with Gasteiger partial charge >= 0.3 is 5.97 Å². The van der Waals surface area contributed by atoms with Crippen LogP contribution in [0, 0.1) is 5.92 Å². The number of nitrogens with one attached hydrogen (secondary N) is 1. The Hall–Kier alpha value is -2.78. The fourth-order valence-electron chi connectivity index (χ4n) is 4.79. The number of alkyl halides is 2. The van der Waals surface area contributed by atoms with Crippen molar-refractivity contribution in [2.75, 3.05) is 5.75 Å². The number of hydrogen-bond donors (Lipinski definition) is 2. The van der Waals surface area contributed by atoms with E-state index in [-0.39, 0.29) is 23.0 Å². The third-order valence-corrected chi connectivity index (χ3v) is 9.45. The molecule has 1 unspecified atom stereocenters. The van der Waals surface area contributed by atoms with Gasteiger partial charge in [0.1, 0.15) is 11.6 Å². The summed E-state index contributed by atoms with van der Waals surface area (Å²) in [6, 6.07) is 17.6. The standard InChI is InChI=1S/C29H27Cl3N2O5S/c30-23-15-25-24(13-20(23)8-7-19-3-1-2-4-26(19)39-29(31)32)33-28(34-25)22(14-27(35)36)18-9-11-21(12-10-18)40(37,38)16-17-5-6-17/h1-4,9-13,15,17,22,29H,5-8,14,16H2,(H,33,34)(H,35,36). The number of benzene rings is 3. The summed E-state index contributed by atoms with van der Waals surface area (Å²) in [5.74, 6) is -0.143. The number of aryl methyl sites for hydroxylation is 2. The molecule has 0 spiro atoms. The summed E-state index contributed by atoms with van der Waals surface area (Å²) in [6.45, 7) is 0. The van der Waals surface area contributed by atoms with Crippen molar-refractivity contribution in [1.29, 1.82) is 0 Å². The summed E-state index contributed by atoms with van der Waals surface area (Å²) in [7, 11) is -3.37. The molecule has 1 aromatic heterocycles. The lowest BCUT2D eigenvalue weighted by Crippen LogP contribution is -2.11. The number of sulfone groups is 1. The van der Waals surface area contributed by atoms with Crippen molar-refractivity contribution >= 4 is 61.6 Å². The quantitative estimate of drug-likeness (QED) is 0.166. The Labute approximate surface area is 247 Å². The molecule has 4 aromatic rings. The van der Waals surface area contributed by atoms with Crippen molar-refractivity contribution in [1.82, 2.24) is 9.97 Å². The normalized spacial score (nSPS) is 14.5. The van der Waals surface area contributed by atoms with E-state index in [4.69, 9.17) is 39.5 Å². The number of rotatable bonds is 12. The third-order valence-electron chi connectivity index (χ3n) is 7.02. The minimum absolute atomic E-state index is 0.149. The SMILES string of the molecule is O=C(O)CC(c1ccc(S(=O)(=O)CC2CC2)cc1)c1nc2cc(Cl)c(CCc3ccccc3OC(Cl)Cl)cc2[nH]1. The van der Waals surface area contributed by atoms with Crippen LogP contribution in [0.4, 0.5) is 0 Å². The number of nitrogens with zero attached hydrogens (tertiary/aromatic N) is 1. The van der Waals surface area contributed by atoms with Crippen LogP contribution in [0.1, 0.15) is 47.7 Å². The number of aromatic amines is 1. The topological polar surface area (TPSA) is 109 Å². The smallest absolute Gasteiger partial charge is 0.304 e. The number of carboxylic acid groups (broad SMARTS) is 1. The lowest BCUT2D eigenvalue weighted by Gasteiger charge is -2.14. The number of H-pyrrole nitrogens is 1. The van der Waals surface area contributed by atoms with Gasteiger partial charge in [-0.2, -0.15) is 0 Å². The minimum Gasteiger partial charge on any atom is -0.481 e. The summed E-state index contributed by atoms with van der Waals surface area (Å²) < 4.78 is 30.8. The zero-order valence-corrected chi connectivity index (χ0v) is 24.4. The molecule has 40 heavy (non-hydrogen) atoms. The van der Waals surface area contributed by atoms with Crippen LogP contribution in [0.25, 0.3) is 11.0 Å². The Morgan fingerprint density at radius 3 is 2.42 bits per heavy atom. The average molecular weight is 622 g/mol. The number of imidazole rings is 1. The van der Waals surface area contributed by atoms with Crippen LogP contribution in [0.5, 0.6) is 5.75 Å². The number of para-hydroxylation sites is 1. The number of carboxylic acids is 1. The molecule has 0 radical (unpaired) electrons. The molecule has 1 saturated carbocycles. The van der Waals surface area contributed by atoms with Crippen LogP contribution >= 0.6 is 34.8 Å². The fourth-order valence-corrected chi connectivity index (χ4v) is 6.93. The zero-order chi connectivity index (χ0) is 28.4. The molecule has 2 N–H and O–H groups in total. The summed E-state index contributed by atoms with van der Waals surface area (Å²) in [6.07, 6.45) is 2.90. The van der Waals surface area contributed by atoms with E-state index in [1.54, 1.807) is 36.4 Å². The van der Waals surface area contributed by atoms with Crippen molar-refractivity contribution in [2.45, 2.75) is 47.9 Å². The van der Waals surface area contributed by atoms with Crippen molar-refractivity contribution in [3.8, 4) is 5.75 Å². The predicted molar refractivity (Wildman–Crippen MR) is 156 cm³/mol. The first-order chi connectivity index (χ1) is 19.1. The summed E-state index contributed by atoms with van der Waals surface area (Å²) in [5, 5.41) is 9.19. The maximum atomic E-state index is 12.7. The van der Waals surface area contributed by atoms with Crippen LogP contribution in [0.3, 0.4) is 0 Å². The molecule has 7 nitrogen and oxygen atoms in total. The van der Waals surface area contributed by atoms with Gasteiger partial charge < -0.3 is 14.8 Å². The molecule has 0 aliphatic heterocycles. The second-order valence-corrected chi connectivity index (χ2v) is 13.5.